The maximum atomic E-state index is 12.4. The van der Waals surface area contributed by atoms with Gasteiger partial charge in [0.25, 0.3) is 11.8 Å². The predicted molar refractivity (Wildman–Crippen MR) is 101 cm³/mol. The van der Waals surface area contributed by atoms with Crippen LogP contribution in [0.15, 0.2) is 24.3 Å². The molecule has 3 rings (SSSR count). The van der Waals surface area contributed by atoms with E-state index < -0.39 is 5.97 Å². The van der Waals surface area contributed by atoms with Gasteiger partial charge in [-0.1, -0.05) is 0 Å². The fraction of sp³-hybridized carbons (Fsp3) is 0.550. The van der Waals surface area contributed by atoms with Crippen molar-refractivity contribution < 1.29 is 19.5 Å². The Hall–Kier alpha value is -2.41. The summed E-state index contributed by atoms with van der Waals surface area (Å²) in [5.74, 6) is -1.34. The second kappa shape index (κ2) is 8.99. The van der Waals surface area contributed by atoms with Gasteiger partial charge in [0, 0.05) is 23.2 Å². The fourth-order valence-electron chi connectivity index (χ4n) is 3.76. The Kier molecular flexibility index (Phi) is 6.45. The molecule has 0 atom stereocenters. The minimum atomic E-state index is -0.752. The Bertz CT molecular complexity index is 675. The van der Waals surface area contributed by atoms with Crippen LogP contribution in [0.25, 0.3) is 0 Å². The molecule has 0 unspecified atom stereocenters. The molecule has 0 bridgehead atoms. The molecule has 2 fully saturated rings. The molecule has 1 aromatic carbocycles. The zero-order valence-corrected chi connectivity index (χ0v) is 15.4. The first-order chi connectivity index (χ1) is 13.0. The highest BCUT2D eigenvalue weighted by atomic mass is 16.4. The SMILES string of the molecule is O=C(NC1CCNCC1)c1ccc(C(=O)NC2CCC(C(=O)O)CC2)cc1. The van der Waals surface area contributed by atoms with E-state index in [4.69, 9.17) is 5.11 Å². The molecule has 1 saturated carbocycles. The van der Waals surface area contributed by atoms with Gasteiger partial charge in [0.05, 0.1) is 5.92 Å². The van der Waals surface area contributed by atoms with Crippen molar-refractivity contribution in [3.05, 3.63) is 35.4 Å². The van der Waals surface area contributed by atoms with Gasteiger partial charge in [-0.25, -0.2) is 0 Å². The first-order valence-corrected chi connectivity index (χ1v) is 9.68. The summed E-state index contributed by atoms with van der Waals surface area (Å²) in [6.07, 6.45) is 4.40. The van der Waals surface area contributed by atoms with Crippen LogP contribution in [-0.2, 0) is 4.79 Å². The third-order valence-electron chi connectivity index (χ3n) is 5.50. The van der Waals surface area contributed by atoms with E-state index in [2.05, 4.69) is 16.0 Å². The van der Waals surface area contributed by atoms with Crippen LogP contribution in [0, 0.1) is 5.92 Å². The summed E-state index contributed by atoms with van der Waals surface area (Å²) in [4.78, 5) is 35.7. The number of nitrogens with one attached hydrogen (secondary N) is 3. The third-order valence-corrected chi connectivity index (χ3v) is 5.50. The number of aliphatic carboxylic acids is 1. The zero-order chi connectivity index (χ0) is 19.2. The summed E-state index contributed by atoms with van der Waals surface area (Å²) < 4.78 is 0. The Balaban J connectivity index is 1.50. The number of hydrogen-bond donors (Lipinski definition) is 4. The van der Waals surface area contributed by atoms with E-state index in [1.165, 1.54) is 0 Å². The molecule has 7 nitrogen and oxygen atoms in total. The van der Waals surface area contributed by atoms with Crippen LogP contribution in [0.3, 0.4) is 0 Å². The molecule has 27 heavy (non-hydrogen) atoms. The van der Waals surface area contributed by atoms with E-state index in [9.17, 15) is 14.4 Å². The van der Waals surface area contributed by atoms with Crippen molar-refractivity contribution in [2.45, 2.75) is 50.6 Å². The van der Waals surface area contributed by atoms with Crippen molar-refractivity contribution in [1.29, 1.82) is 0 Å². The van der Waals surface area contributed by atoms with E-state index in [0.717, 1.165) is 25.9 Å². The summed E-state index contributed by atoms with van der Waals surface area (Å²) in [5, 5.41) is 18.3. The minimum Gasteiger partial charge on any atom is -0.481 e. The summed E-state index contributed by atoms with van der Waals surface area (Å²) in [6, 6.07) is 6.88. The Morgan fingerprint density at radius 3 is 1.67 bits per heavy atom. The van der Waals surface area contributed by atoms with E-state index in [1.807, 2.05) is 0 Å². The molecule has 4 N–H and O–H groups in total. The Labute approximate surface area is 158 Å². The summed E-state index contributed by atoms with van der Waals surface area (Å²) in [6.45, 7) is 1.83. The van der Waals surface area contributed by atoms with Crippen molar-refractivity contribution >= 4 is 17.8 Å². The lowest BCUT2D eigenvalue weighted by Crippen LogP contribution is -2.42. The van der Waals surface area contributed by atoms with Crippen molar-refractivity contribution in [3.8, 4) is 0 Å². The number of carboxylic acid groups (broad SMARTS) is 1. The number of carboxylic acids is 1. The molecule has 1 aliphatic carbocycles. The largest absolute Gasteiger partial charge is 0.481 e. The van der Waals surface area contributed by atoms with E-state index in [0.29, 0.717) is 36.8 Å². The normalized spacial score (nSPS) is 23.4. The standard InChI is InChI=1S/C20H27N3O4/c24-18(22-16-7-5-15(6-8-16)20(26)27)13-1-3-14(4-2-13)19(25)23-17-9-11-21-12-10-17/h1-4,15-17,21H,5-12H2,(H,22,24)(H,23,25)(H,26,27). The number of carbonyl (C=O) groups excluding carboxylic acids is 2. The van der Waals surface area contributed by atoms with Crippen LogP contribution in [0.5, 0.6) is 0 Å². The molecule has 0 aromatic heterocycles. The molecule has 0 radical (unpaired) electrons. The zero-order valence-electron chi connectivity index (χ0n) is 15.4. The van der Waals surface area contributed by atoms with Gasteiger partial charge < -0.3 is 21.1 Å². The lowest BCUT2D eigenvalue weighted by Gasteiger charge is -2.26. The molecular weight excluding hydrogens is 346 g/mol. The monoisotopic (exact) mass is 373 g/mol. The molecule has 146 valence electrons. The quantitative estimate of drug-likeness (QED) is 0.626. The van der Waals surface area contributed by atoms with Crippen LogP contribution in [-0.4, -0.2) is 48.1 Å². The van der Waals surface area contributed by atoms with Gasteiger partial charge in [-0.05, 0) is 75.9 Å². The number of amides is 2. The smallest absolute Gasteiger partial charge is 0.306 e. The van der Waals surface area contributed by atoms with E-state index in [1.54, 1.807) is 24.3 Å². The lowest BCUT2D eigenvalue weighted by molar-refractivity contribution is -0.142. The van der Waals surface area contributed by atoms with Gasteiger partial charge in [0.2, 0.25) is 0 Å². The molecule has 1 heterocycles. The van der Waals surface area contributed by atoms with Gasteiger partial charge in [-0.3, -0.25) is 14.4 Å². The van der Waals surface area contributed by atoms with Gasteiger partial charge in [0.1, 0.15) is 0 Å². The van der Waals surface area contributed by atoms with Gasteiger partial charge in [-0.2, -0.15) is 0 Å². The van der Waals surface area contributed by atoms with Gasteiger partial charge in [0.15, 0.2) is 0 Å². The van der Waals surface area contributed by atoms with Gasteiger partial charge >= 0.3 is 5.97 Å². The summed E-state index contributed by atoms with van der Waals surface area (Å²) in [5.41, 5.74) is 1.06. The van der Waals surface area contributed by atoms with Crippen LogP contribution in [0.2, 0.25) is 0 Å². The number of piperidine rings is 1. The molecule has 7 heteroatoms. The highest BCUT2D eigenvalue weighted by Gasteiger charge is 2.27. The summed E-state index contributed by atoms with van der Waals surface area (Å²) in [7, 11) is 0. The lowest BCUT2D eigenvalue weighted by atomic mass is 9.86. The fourth-order valence-corrected chi connectivity index (χ4v) is 3.76. The van der Waals surface area contributed by atoms with E-state index >= 15 is 0 Å². The average Bonchev–Trinajstić information content (AvgIpc) is 2.69. The first-order valence-electron chi connectivity index (χ1n) is 9.68. The number of hydrogen-bond acceptors (Lipinski definition) is 4. The molecule has 1 aromatic rings. The second-order valence-corrected chi connectivity index (χ2v) is 7.44. The average molecular weight is 373 g/mol. The molecular formula is C20H27N3O4. The number of benzene rings is 1. The van der Waals surface area contributed by atoms with Gasteiger partial charge in [-0.15, -0.1) is 0 Å². The minimum absolute atomic E-state index is 0.0102. The Morgan fingerprint density at radius 2 is 1.22 bits per heavy atom. The van der Waals surface area contributed by atoms with E-state index in [-0.39, 0.29) is 29.8 Å². The molecule has 2 aliphatic rings. The van der Waals surface area contributed by atoms with Crippen LogP contribution < -0.4 is 16.0 Å². The molecule has 1 saturated heterocycles. The number of rotatable bonds is 5. The molecule has 2 amide bonds. The predicted octanol–water partition coefficient (Wildman–Crippen LogP) is 1.54. The van der Waals surface area contributed by atoms with Crippen LogP contribution >= 0.6 is 0 Å². The Morgan fingerprint density at radius 1 is 0.778 bits per heavy atom. The van der Waals surface area contributed by atoms with Crippen molar-refractivity contribution in [3.63, 3.8) is 0 Å². The topological polar surface area (TPSA) is 108 Å². The molecule has 0 spiro atoms. The van der Waals surface area contributed by atoms with Crippen LogP contribution in [0.1, 0.15) is 59.2 Å². The molecule has 1 aliphatic heterocycles. The number of carbonyl (C=O) groups is 3. The van der Waals surface area contributed by atoms with Crippen molar-refractivity contribution in [2.75, 3.05) is 13.1 Å². The maximum Gasteiger partial charge on any atom is 0.306 e. The highest BCUT2D eigenvalue weighted by Crippen LogP contribution is 2.24. The first kappa shape index (κ1) is 19.4. The third kappa shape index (κ3) is 5.29. The van der Waals surface area contributed by atoms with Crippen molar-refractivity contribution in [1.82, 2.24) is 16.0 Å². The van der Waals surface area contributed by atoms with Crippen molar-refractivity contribution in [2.24, 2.45) is 5.92 Å². The highest BCUT2D eigenvalue weighted by molar-refractivity contribution is 5.98. The second-order valence-electron chi connectivity index (χ2n) is 7.44. The van der Waals surface area contributed by atoms with Crippen LogP contribution in [0.4, 0.5) is 0 Å². The summed E-state index contributed by atoms with van der Waals surface area (Å²) >= 11 is 0. The maximum absolute atomic E-state index is 12.4.